The van der Waals surface area contributed by atoms with Gasteiger partial charge in [-0.1, -0.05) is 85.8 Å². The van der Waals surface area contributed by atoms with Crippen LogP contribution in [0.3, 0.4) is 0 Å². The Bertz CT molecular complexity index is 955. The van der Waals surface area contributed by atoms with Crippen molar-refractivity contribution >= 4 is 0 Å². The summed E-state index contributed by atoms with van der Waals surface area (Å²) >= 11 is 0. The van der Waals surface area contributed by atoms with Crippen LogP contribution in [0.4, 0.5) is 0 Å². The summed E-state index contributed by atoms with van der Waals surface area (Å²) in [5.74, 6) is 0. The number of rotatable bonds is 4. The molecule has 0 radical (unpaired) electrons. The summed E-state index contributed by atoms with van der Waals surface area (Å²) in [5.41, 5.74) is 6.94. The highest BCUT2D eigenvalue weighted by atomic mass is 15.3. The number of aromatic nitrogens is 2. The molecule has 0 aliphatic rings. The van der Waals surface area contributed by atoms with Gasteiger partial charge >= 0.3 is 0 Å². The van der Waals surface area contributed by atoms with E-state index in [0.29, 0.717) is 0 Å². The van der Waals surface area contributed by atoms with Gasteiger partial charge in [0.1, 0.15) is 5.69 Å². The first-order valence-electron chi connectivity index (χ1n) is 8.66. The van der Waals surface area contributed by atoms with Crippen molar-refractivity contribution in [3.63, 3.8) is 0 Å². The molecule has 0 atom stereocenters. The molecule has 0 amide bonds. The van der Waals surface area contributed by atoms with Gasteiger partial charge in [-0.25, -0.2) is 4.68 Å². The lowest BCUT2D eigenvalue weighted by molar-refractivity contribution is 0.817. The lowest BCUT2D eigenvalue weighted by Gasteiger charge is -2.08. The molecule has 0 spiro atoms. The minimum atomic E-state index is 0.916. The molecule has 4 rings (SSSR count). The van der Waals surface area contributed by atoms with Crippen LogP contribution >= 0.6 is 0 Å². The Morgan fingerprint density at radius 3 is 1.76 bits per heavy atom. The van der Waals surface area contributed by atoms with E-state index in [2.05, 4.69) is 90.5 Å². The third-order valence-corrected chi connectivity index (χ3v) is 4.43. The number of hydrogen-bond donors (Lipinski definition) is 0. The van der Waals surface area contributed by atoms with E-state index in [1.165, 1.54) is 16.8 Å². The van der Waals surface area contributed by atoms with Crippen LogP contribution in [0.15, 0.2) is 91.0 Å². The number of hydrogen-bond acceptors (Lipinski definition) is 1. The summed E-state index contributed by atoms with van der Waals surface area (Å²) in [7, 11) is 0. The molecule has 0 aliphatic heterocycles. The Labute approximate surface area is 148 Å². The molecular weight excluding hydrogens is 304 g/mol. The fourth-order valence-corrected chi connectivity index (χ4v) is 3.27. The highest BCUT2D eigenvalue weighted by Gasteiger charge is 2.20. The molecule has 0 fully saturated rings. The zero-order chi connectivity index (χ0) is 17.1. The second kappa shape index (κ2) is 6.78. The molecular formula is C23H20N2. The normalized spacial score (nSPS) is 10.8. The Kier molecular flexibility index (Phi) is 4.17. The highest BCUT2D eigenvalue weighted by Crippen LogP contribution is 2.36. The molecule has 122 valence electrons. The van der Waals surface area contributed by atoms with Crippen LogP contribution in [0.1, 0.15) is 12.6 Å². The lowest BCUT2D eigenvalue weighted by Crippen LogP contribution is -2.01. The van der Waals surface area contributed by atoms with Crippen LogP contribution < -0.4 is 0 Å². The average Bonchev–Trinajstić information content (AvgIpc) is 3.09. The van der Waals surface area contributed by atoms with Gasteiger partial charge in [-0.3, -0.25) is 0 Å². The number of benzene rings is 3. The average molecular weight is 324 g/mol. The van der Waals surface area contributed by atoms with Crippen LogP contribution in [-0.2, 0) is 6.42 Å². The van der Waals surface area contributed by atoms with Crippen molar-refractivity contribution in [1.82, 2.24) is 9.78 Å². The first-order valence-corrected chi connectivity index (χ1v) is 8.66. The zero-order valence-corrected chi connectivity index (χ0v) is 14.3. The first-order chi connectivity index (χ1) is 12.4. The van der Waals surface area contributed by atoms with E-state index in [0.717, 1.165) is 23.4 Å². The molecule has 4 aromatic rings. The summed E-state index contributed by atoms with van der Waals surface area (Å²) in [4.78, 5) is 0. The van der Waals surface area contributed by atoms with Crippen molar-refractivity contribution in [3.8, 4) is 28.1 Å². The van der Waals surface area contributed by atoms with Gasteiger partial charge in [0.15, 0.2) is 0 Å². The maximum atomic E-state index is 5.01. The van der Waals surface area contributed by atoms with E-state index in [4.69, 9.17) is 5.10 Å². The summed E-state index contributed by atoms with van der Waals surface area (Å²) in [5, 5.41) is 5.01. The minimum absolute atomic E-state index is 0.916. The van der Waals surface area contributed by atoms with Gasteiger partial charge in [0.2, 0.25) is 0 Å². The Hall–Kier alpha value is -3.13. The van der Waals surface area contributed by atoms with Crippen LogP contribution in [0.2, 0.25) is 0 Å². The molecule has 1 heterocycles. The summed E-state index contributed by atoms with van der Waals surface area (Å²) in [6.45, 7) is 2.19. The van der Waals surface area contributed by atoms with Crippen molar-refractivity contribution in [1.29, 1.82) is 0 Å². The second-order valence-electron chi connectivity index (χ2n) is 6.00. The largest absolute Gasteiger partial charge is 0.237 e. The smallest absolute Gasteiger partial charge is 0.101 e. The lowest BCUT2D eigenvalue weighted by atomic mass is 9.98. The summed E-state index contributed by atoms with van der Waals surface area (Å²) in [6.07, 6.45) is 0.916. The van der Waals surface area contributed by atoms with Gasteiger partial charge in [0.05, 0.1) is 11.4 Å². The van der Waals surface area contributed by atoms with Gasteiger partial charge in [-0.2, -0.15) is 5.10 Å². The maximum absolute atomic E-state index is 5.01. The van der Waals surface area contributed by atoms with E-state index < -0.39 is 0 Å². The second-order valence-corrected chi connectivity index (χ2v) is 6.00. The first kappa shape index (κ1) is 15.4. The van der Waals surface area contributed by atoms with Crippen molar-refractivity contribution in [2.45, 2.75) is 13.3 Å². The molecule has 0 saturated carbocycles. The van der Waals surface area contributed by atoms with E-state index >= 15 is 0 Å². The van der Waals surface area contributed by atoms with Crippen LogP contribution in [0.25, 0.3) is 28.1 Å². The van der Waals surface area contributed by atoms with Gasteiger partial charge in [-0.15, -0.1) is 0 Å². The standard InChI is InChI=1S/C23H20N2/c1-2-21-22(18-12-6-3-7-13-18)23(19-14-8-4-9-15-19)24-25(21)20-16-10-5-11-17-20/h3-17H,2H2,1H3. The highest BCUT2D eigenvalue weighted by molar-refractivity contribution is 5.83. The Balaban J connectivity index is 2.02. The van der Waals surface area contributed by atoms with Crippen LogP contribution in [-0.4, -0.2) is 9.78 Å². The minimum Gasteiger partial charge on any atom is -0.237 e. The fourth-order valence-electron chi connectivity index (χ4n) is 3.27. The Morgan fingerprint density at radius 2 is 1.20 bits per heavy atom. The molecule has 0 N–H and O–H groups in total. The summed E-state index contributed by atoms with van der Waals surface area (Å²) in [6, 6.07) is 31.4. The SMILES string of the molecule is CCc1c(-c2ccccc2)c(-c2ccccc2)nn1-c1ccccc1. The Morgan fingerprint density at radius 1 is 0.680 bits per heavy atom. The van der Waals surface area contributed by atoms with Crippen molar-refractivity contribution in [2.24, 2.45) is 0 Å². The monoisotopic (exact) mass is 324 g/mol. The molecule has 0 aliphatic carbocycles. The quantitative estimate of drug-likeness (QED) is 0.466. The van der Waals surface area contributed by atoms with Crippen molar-refractivity contribution in [3.05, 3.63) is 96.7 Å². The van der Waals surface area contributed by atoms with Gasteiger partial charge < -0.3 is 0 Å². The maximum Gasteiger partial charge on any atom is 0.101 e. The van der Waals surface area contributed by atoms with Gasteiger partial charge in [0, 0.05) is 11.1 Å². The van der Waals surface area contributed by atoms with E-state index in [-0.39, 0.29) is 0 Å². The molecule has 0 unspecified atom stereocenters. The molecule has 0 bridgehead atoms. The van der Waals surface area contributed by atoms with Crippen LogP contribution in [0, 0.1) is 0 Å². The van der Waals surface area contributed by atoms with E-state index in [9.17, 15) is 0 Å². The molecule has 2 heteroatoms. The predicted molar refractivity (Wildman–Crippen MR) is 104 cm³/mol. The predicted octanol–water partition coefficient (Wildman–Crippen LogP) is 5.77. The molecule has 1 aromatic heterocycles. The zero-order valence-electron chi connectivity index (χ0n) is 14.3. The van der Waals surface area contributed by atoms with E-state index in [1.807, 2.05) is 12.1 Å². The third-order valence-electron chi connectivity index (χ3n) is 4.43. The number of para-hydroxylation sites is 1. The van der Waals surface area contributed by atoms with Gasteiger partial charge in [-0.05, 0) is 24.1 Å². The van der Waals surface area contributed by atoms with Crippen LogP contribution in [0.5, 0.6) is 0 Å². The molecule has 3 aromatic carbocycles. The van der Waals surface area contributed by atoms with Crippen molar-refractivity contribution < 1.29 is 0 Å². The third kappa shape index (κ3) is 2.87. The molecule has 2 nitrogen and oxygen atoms in total. The van der Waals surface area contributed by atoms with Crippen molar-refractivity contribution in [2.75, 3.05) is 0 Å². The topological polar surface area (TPSA) is 17.8 Å². The fraction of sp³-hybridized carbons (Fsp3) is 0.0870. The molecule has 0 saturated heterocycles. The van der Waals surface area contributed by atoms with Gasteiger partial charge in [0.25, 0.3) is 0 Å². The number of nitrogens with zero attached hydrogens (tertiary/aromatic N) is 2. The summed E-state index contributed by atoms with van der Waals surface area (Å²) < 4.78 is 2.09. The molecule has 25 heavy (non-hydrogen) atoms. The van der Waals surface area contributed by atoms with E-state index in [1.54, 1.807) is 0 Å².